The third-order valence-corrected chi connectivity index (χ3v) is 3.85. The van der Waals surface area contributed by atoms with Gasteiger partial charge in [-0.15, -0.1) is 12.4 Å². The quantitative estimate of drug-likeness (QED) is 0.660. The summed E-state index contributed by atoms with van der Waals surface area (Å²) in [6.07, 6.45) is 8.87. The Bertz CT molecular complexity index is 391. The van der Waals surface area contributed by atoms with Crippen molar-refractivity contribution < 1.29 is 14.3 Å². The Morgan fingerprint density at radius 2 is 1.65 bits per heavy atom. The van der Waals surface area contributed by atoms with Gasteiger partial charge in [-0.25, -0.2) is 0 Å². The van der Waals surface area contributed by atoms with Crippen LogP contribution in [-0.2, 0) is 14.3 Å². The highest BCUT2D eigenvalue weighted by molar-refractivity contribution is 5.96. The van der Waals surface area contributed by atoms with Crippen molar-refractivity contribution in [2.75, 3.05) is 13.6 Å². The van der Waals surface area contributed by atoms with Crippen LogP contribution >= 0.6 is 12.4 Å². The second kappa shape index (κ2) is 12.2. The van der Waals surface area contributed by atoms with E-state index in [2.05, 4.69) is 5.32 Å². The molecule has 134 valence electrons. The molecule has 1 fully saturated rings. The van der Waals surface area contributed by atoms with Crippen LogP contribution in [0.2, 0.25) is 0 Å². The molecule has 1 saturated heterocycles. The van der Waals surface area contributed by atoms with Gasteiger partial charge < -0.3 is 9.64 Å². The number of nitrogens with zero attached hydrogens (tertiary/aromatic N) is 1. The largest absolute Gasteiger partial charge is 0.461 e. The minimum Gasteiger partial charge on any atom is -0.461 e. The standard InChI is InChI=1S/C16H29N3O3.ClH/c1-13-10-8-6-4-3-5-7-9-11-14(20)18-16(17)19(2)12-15(21)22-13;/h13H,3-12H2,1-2H3,(H2,17,18,20);1H. The van der Waals surface area contributed by atoms with Gasteiger partial charge in [-0.3, -0.25) is 20.3 Å². The molecule has 6 nitrogen and oxygen atoms in total. The SMILES string of the molecule is CC1CCCCCCCCCC(=O)NC(=N)N(C)CC(=O)O1.Cl. The average Bonchev–Trinajstić information content (AvgIpc) is 2.44. The Morgan fingerprint density at radius 1 is 1.09 bits per heavy atom. The predicted molar refractivity (Wildman–Crippen MR) is 92.9 cm³/mol. The number of esters is 1. The second-order valence-electron chi connectivity index (χ2n) is 6.07. The van der Waals surface area contributed by atoms with Crippen LogP contribution in [0.3, 0.4) is 0 Å². The van der Waals surface area contributed by atoms with Crippen LogP contribution in [0.1, 0.15) is 64.7 Å². The minimum absolute atomic E-state index is 0. The molecule has 0 aliphatic carbocycles. The summed E-state index contributed by atoms with van der Waals surface area (Å²) in [6.45, 7) is 1.88. The van der Waals surface area contributed by atoms with E-state index in [0.717, 1.165) is 38.5 Å². The molecule has 1 aliphatic rings. The van der Waals surface area contributed by atoms with Gasteiger partial charge in [-0.2, -0.15) is 0 Å². The molecule has 0 aromatic rings. The van der Waals surface area contributed by atoms with Crippen LogP contribution in [0.5, 0.6) is 0 Å². The third-order valence-electron chi connectivity index (χ3n) is 3.85. The molecule has 7 heteroatoms. The van der Waals surface area contributed by atoms with Crippen molar-refractivity contribution in [1.29, 1.82) is 5.41 Å². The van der Waals surface area contributed by atoms with Crippen molar-refractivity contribution in [3.8, 4) is 0 Å². The summed E-state index contributed by atoms with van der Waals surface area (Å²) >= 11 is 0. The summed E-state index contributed by atoms with van der Waals surface area (Å²) in [4.78, 5) is 24.9. The molecular weight excluding hydrogens is 318 g/mol. The molecule has 0 spiro atoms. The molecule has 0 aromatic heterocycles. The molecule has 0 aromatic carbocycles. The molecule has 1 heterocycles. The van der Waals surface area contributed by atoms with Crippen molar-refractivity contribution in [2.45, 2.75) is 70.8 Å². The highest BCUT2D eigenvalue weighted by Gasteiger charge is 2.15. The van der Waals surface area contributed by atoms with Crippen molar-refractivity contribution in [3.63, 3.8) is 0 Å². The predicted octanol–water partition coefficient (Wildman–Crippen LogP) is 2.85. The first-order chi connectivity index (χ1) is 10.5. The van der Waals surface area contributed by atoms with E-state index >= 15 is 0 Å². The zero-order chi connectivity index (χ0) is 16.4. The van der Waals surface area contributed by atoms with E-state index in [0.29, 0.717) is 6.42 Å². The molecule has 1 rings (SSSR count). The summed E-state index contributed by atoms with van der Waals surface area (Å²) in [5.41, 5.74) is 0. The fourth-order valence-corrected chi connectivity index (χ4v) is 2.48. The topological polar surface area (TPSA) is 82.5 Å². The van der Waals surface area contributed by atoms with Gasteiger partial charge >= 0.3 is 5.97 Å². The molecule has 1 amide bonds. The first kappa shape index (κ1) is 21.7. The smallest absolute Gasteiger partial charge is 0.325 e. The van der Waals surface area contributed by atoms with E-state index in [1.807, 2.05) is 6.92 Å². The maximum atomic E-state index is 11.8. The van der Waals surface area contributed by atoms with Crippen molar-refractivity contribution in [3.05, 3.63) is 0 Å². The number of carbonyl (C=O) groups excluding carboxylic acids is 2. The Hall–Kier alpha value is -1.30. The molecule has 23 heavy (non-hydrogen) atoms. The van der Waals surface area contributed by atoms with Crippen LogP contribution in [-0.4, -0.2) is 42.4 Å². The lowest BCUT2D eigenvalue weighted by molar-refractivity contribution is -0.148. The minimum atomic E-state index is -0.363. The Labute approximate surface area is 145 Å². The first-order valence-electron chi connectivity index (χ1n) is 8.28. The number of carbonyl (C=O) groups is 2. The number of amides is 1. The highest BCUT2D eigenvalue weighted by atomic mass is 35.5. The Morgan fingerprint density at radius 3 is 2.30 bits per heavy atom. The van der Waals surface area contributed by atoms with Gasteiger partial charge in [-0.1, -0.05) is 32.1 Å². The number of hydrogen-bond acceptors (Lipinski definition) is 4. The van der Waals surface area contributed by atoms with Crippen LogP contribution in [0.15, 0.2) is 0 Å². The number of rotatable bonds is 0. The number of nitrogens with one attached hydrogen (secondary N) is 2. The van der Waals surface area contributed by atoms with Gasteiger partial charge in [0.1, 0.15) is 6.54 Å². The van der Waals surface area contributed by atoms with Crippen molar-refractivity contribution in [2.24, 2.45) is 0 Å². The molecule has 1 unspecified atom stereocenters. The van der Waals surface area contributed by atoms with Gasteiger partial charge in [-0.05, 0) is 26.2 Å². The normalized spacial score (nSPS) is 23.3. The van der Waals surface area contributed by atoms with Crippen molar-refractivity contribution >= 4 is 30.2 Å². The molecule has 2 N–H and O–H groups in total. The zero-order valence-electron chi connectivity index (χ0n) is 14.2. The number of likely N-dealkylation sites (N-methyl/N-ethyl adjacent to an activating group) is 1. The van der Waals surface area contributed by atoms with Crippen LogP contribution in [0.25, 0.3) is 0 Å². The van der Waals surface area contributed by atoms with Crippen LogP contribution < -0.4 is 5.32 Å². The maximum Gasteiger partial charge on any atom is 0.325 e. The third kappa shape index (κ3) is 10.2. The molecule has 0 bridgehead atoms. The zero-order valence-corrected chi connectivity index (χ0v) is 15.0. The van der Waals surface area contributed by atoms with E-state index < -0.39 is 0 Å². The maximum absolute atomic E-state index is 11.8. The van der Waals surface area contributed by atoms with E-state index in [1.165, 1.54) is 17.7 Å². The summed E-state index contributed by atoms with van der Waals surface area (Å²) in [5, 5.41) is 10.3. The fraction of sp³-hybridized carbons (Fsp3) is 0.812. The van der Waals surface area contributed by atoms with Crippen LogP contribution in [0.4, 0.5) is 0 Å². The summed E-state index contributed by atoms with van der Waals surface area (Å²) < 4.78 is 5.33. The Balaban J connectivity index is 0.00000484. The van der Waals surface area contributed by atoms with Crippen molar-refractivity contribution in [1.82, 2.24) is 10.2 Å². The van der Waals surface area contributed by atoms with Gasteiger partial charge in [0.2, 0.25) is 5.91 Å². The fourth-order valence-electron chi connectivity index (χ4n) is 2.48. The summed E-state index contributed by atoms with van der Waals surface area (Å²) in [7, 11) is 1.60. The molecule has 0 saturated carbocycles. The molecular formula is C16H30ClN3O3. The lowest BCUT2D eigenvalue weighted by Gasteiger charge is -2.20. The number of cyclic esters (lactones) is 1. The summed E-state index contributed by atoms with van der Waals surface area (Å²) in [6, 6.07) is 0. The van der Waals surface area contributed by atoms with Gasteiger partial charge in [0.25, 0.3) is 0 Å². The Kier molecular flexibility index (Phi) is 11.5. The van der Waals surface area contributed by atoms with E-state index in [4.69, 9.17) is 10.1 Å². The van der Waals surface area contributed by atoms with E-state index in [9.17, 15) is 9.59 Å². The molecule has 1 atom stereocenters. The number of ether oxygens (including phenoxy) is 1. The first-order valence-corrected chi connectivity index (χ1v) is 8.28. The lowest BCUT2D eigenvalue weighted by atomic mass is 10.1. The van der Waals surface area contributed by atoms with E-state index in [-0.39, 0.29) is 42.9 Å². The average molecular weight is 348 g/mol. The number of hydrogen-bond donors (Lipinski definition) is 2. The summed E-state index contributed by atoms with van der Waals surface area (Å²) in [5.74, 6) is -0.583. The van der Waals surface area contributed by atoms with Crippen LogP contribution in [0, 0.1) is 5.41 Å². The second-order valence-corrected chi connectivity index (χ2v) is 6.07. The molecule has 0 radical (unpaired) electrons. The highest BCUT2D eigenvalue weighted by Crippen LogP contribution is 2.12. The van der Waals surface area contributed by atoms with E-state index in [1.54, 1.807) is 7.05 Å². The molecule has 1 aliphatic heterocycles. The van der Waals surface area contributed by atoms with Gasteiger partial charge in [0.05, 0.1) is 6.10 Å². The van der Waals surface area contributed by atoms with Gasteiger partial charge in [0, 0.05) is 13.5 Å². The monoisotopic (exact) mass is 347 g/mol. The van der Waals surface area contributed by atoms with Gasteiger partial charge in [0.15, 0.2) is 5.96 Å². The number of guanidine groups is 1. The number of halogens is 1. The lowest BCUT2D eigenvalue weighted by Crippen LogP contribution is -2.44.